The van der Waals surface area contributed by atoms with Gasteiger partial charge in [0.2, 0.25) is 5.95 Å². The summed E-state index contributed by atoms with van der Waals surface area (Å²) in [4.78, 5) is 35.0. The minimum atomic E-state index is -0.355. The van der Waals surface area contributed by atoms with E-state index in [1.165, 1.54) is 24.0 Å². The summed E-state index contributed by atoms with van der Waals surface area (Å²) in [6, 6.07) is 5.19. The number of ether oxygens (including phenoxy) is 1. The average Bonchev–Trinajstić information content (AvgIpc) is 3.26. The molecule has 0 bridgehead atoms. The molecule has 2 aromatic heterocycles. The van der Waals surface area contributed by atoms with Crippen molar-refractivity contribution in [2.75, 3.05) is 44.7 Å². The fourth-order valence-electron chi connectivity index (χ4n) is 3.68. The quantitative estimate of drug-likeness (QED) is 0.498. The summed E-state index contributed by atoms with van der Waals surface area (Å²) < 4.78 is 6.88. The van der Waals surface area contributed by atoms with Crippen LogP contribution in [0.1, 0.15) is 28.4 Å². The number of fused-ring (bicyclic) bond motifs is 1. The summed E-state index contributed by atoms with van der Waals surface area (Å²) in [6.45, 7) is 5.50. The number of aromatic amines is 1. The number of hydrogen-bond donors (Lipinski definition) is 3. The lowest BCUT2D eigenvalue weighted by atomic mass is 10.0. The van der Waals surface area contributed by atoms with Gasteiger partial charge in [-0.2, -0.15) is 10.4 Å². The lowest BCUT2D eigenvalue weighted by Gasteiger charge is -2.26. The van der Waals surface area contributed by atoms with Crippen molar-refractivity contribution in [1.82, 2.24) is 30.4 Å². The molecule has 3 N–H and O–H groups in total. The number of nitrogens with zero attached hydrogens (tertiary/aromatic N) is 5. The van der Waals surface area contributed by atoms with Gasteiger partial charge in [-0.3, -0.25) is 9.59 Å². The summed E-state index contributed by atoms with van der Waals surface area (Å²) in [6.07, 6.45) is 1.54. The second-order valence-electron chi connectivity index (χ2n) is 7.29. The summed E-state index contributed by atoms with van der Waals surface area (Å²) >= 11 is 0. The van der Waals surface area contributed by atoms with Gasteiger partial charge in [-0.05, 0) is 24.6 Å². The van der Waals surface area contributed by atoms with Crippen LogP contribution in [-0.4, -0.2) is 65.5 Å². The van der Waals surface area contributed by atoms with Gasteiger partial charge in [0.25, 0.3) is 11.5 Å². The van der Waals surface area contributed by atoms with Gasteiger partial charge in [-0.15, -0.1) is 0 Å². The lowest BCUT2D eigenvalue weighted by molar-refractivity contribution is 0.0959. The molecule has 1 saturated heterocycles. The molecule has 0 spiro atoms. The van der Waals surface area contributed by atoms with E-state index in [0.717, 1.165) is 26.2 Å². The Hall–Kier alpha value is -3.91. The highest BCUT2D eigenvalue weighted by molar-refractivity contribution is 5.97. The Balaban J connectivity index is 1.71. The molecule has 1 fully saturated rings. The third-order valence-electron chi connectivity index (χ3n) is 5.32. The molecular weight excluding hydrogens is 412 g/mol. The van der Waals surface area contributed by atoms with Gasteiger partial charge in [-0.25, -0.2) is 9.67 Å². The van der Waals surface area contributed by atoms with E-state index in [2.05, 4.69) is 36.7 Å². The van der Waals surface area contributed by atoms with Crippen molar-refractivity contribution in [3.05, 3.63) is 45.4 Å². The van der Waals surface area contributed by atoms with Crippen molar-refractivity contribution in [1.29, 1.82) is 5.26 Å². The van der Waals surface area contributed by atoms with Gasteiger partial charge < -0.3 is 25.3 Å². The Morgan fingerprint density at radius 1 is 1.34 bits per heavy atom. The van der Waals surface area contributed by atoms with Crippen molar-refractivity contribution >= 4 is 22.9 Å². The van der Waals surface area contributed by atoms with Gasteiger partial charge in [0.15, 0.2) is 0 Å². The number of amides is 1. The summed E-state index contributed by atoms with van der Waals surface area (Å²) in [5, 5.41) is 19.7. The zero-order chi connectivity index (χ0) is 22.7. The minimum absolute atomic E-state index is 0.0494. The molecule has 11 nitrogen and oxygen atoms in total. The largest absolute Gasteiger partial charge is 0.493 e. The van der Waals surface area contributed by atoms with E-state index < -0.39 is 0 Å². The number of imidazole rings is 1. The summed E-state index contributed by atoms with van der Waals surface area (Å²) in [7, 11) is 1.51. The van der Waals surface area contributed by atoms with Crippen molar-refractivity contribution in [2.24, 2.45) is 0 Å². The SMILES string of the molecule is CCOc1cc(Cn2ncc3nc(N4CCNCC4)[nH]c3c2=O)c(C#N)cc1C(=O)NC. The number of hydrogen-bond acceptors (Lipinski definition) is 8. The number of anilines is 1. The van der Waals surface area contributed by atoms with E-state index in [9.17, 15) is 14.9 Å². The van der Waals surface area contributed by atoms with Crippen LogP contribution < -0.4 is 25.8 Å². The first kappa shape index (κ1) is 21.3. The van der Waals surface area contributed by atoms with Crippen LogP contribution >= 0.6 is 0 Å². The fourth-order valence-corrected chi connectivity index (χ4v) is 3.68. The van der Waals surface area contributed by atoms with Crippen molar-refractivity contribution in [2.45, 2.75) is 13.5 Å². The number of nitrogens with one attached hydrogen (secondary N) is 3. The van der Waals surface area contributed by atoms with Gasteiger partial charge in [0.1, 0.15) is 16.8 Å². The minimum Gasteiger partial charge on any atom is -0.493 e. The number of benzene rings is 1. The molecule has 1 aromatic carbocycles. The number of H-pyrrole nitrogens is 1. The highest BCUT2D eigenvalue weighted by Crippen LogP contribution is 2.25. The highest BCUT2D eigenvalue weighted by atomic mass is 16.5. The molecule has 1 amide bonds. The Morgan fingerprint density at radius 3 is 2.81 bits per heavy atom. The van der Waals surface area contributed by atoms with E-state index in [-0.39, 0.29) is 29.1 Å². The van der Waals surface area contributed by atoms with Crippen LogP contribution in [0, 0.1) is 11.3 Å². The third-order valence-corrected chi connectivity index (χ3v) is 5.32. The number of carbonyl (C=O) groups excluding carboxylic acids is 1. The summed E-state index contributed by atoms with van der Waals surface area (Å²) in [5.74, 6) is 0.632. The molecule has 3 aromatic rings. The maximum absolute atomic E-state index is 13.1. The molecule has 1 aliphatic rings. The highest BCUT2D eigenvalue weighted by Gasteiger charge is 2.19. The van der Waals surface area contributed by atoms with Crippen LogP contribution in [0.5, 0.6) is 5.75 Å². The van der Waals surface area contributed by atoms with Crippen LogP contribution in [0.4, 0.5) is 5.95 Å². The first-order chi connectivity index (χ1) is 15.5. The van der Waals surface area contributed by atoms with Crippen LogP contribution in [0.15, 0.2) is 23.1 Å². The van der Waals surface area contributed by atoms with Gasteiger partial charge in [0.05, 0.1) is 36.5 Å². The zero-order valence-electron chi connectivity index (χ0n) is 17.9. The monoisotopic (exact) mass is 436 g/mol. The Bertz CT molecular complexity index is 1250. The molecule has 3 heterocycles. The molecule has 11 heteroatoms. The van der Waals surface area contributed by atoms with Crippen molar-refractivity contribution in [3.8, 4) is 11.8 Å². The molecule has 32 heavy (non-hydrogen) atoms. The molecule has 0 atom stereocenters. The van der Waals surface area contributed by atoms with Crippen LogP contribution in [0.3, 0.4) is 0 Å². The molecule has 0 radical (unpaired) electrons. The molecule has 166 valence electrons. The fraction of sp³-hybridized carbons (Fsp3) is 0.381. The van der Waals surface area contributed by atoms with Gasteiger partial charge >= 0.3 is 0 Å². The lowest BCUT2D eigenvalue weighted by Crippen LogP contribution is -2.44. The number of nitriles is 1. The molecule has 1 aliphatic heterocycles. The molecule has 0 unspecified atom stereocenters. The van der Waals surface area contributed by atoms with Crippen molar-refractivity contribution in [3.63, 3.8) is 0 Å². The topological polar surface area (TPSA) is 141 Å². The van der Waals surface area contributed by atoms with Crippen LogP contribution in [-0.2, 0) is 6.54 Å². The van der Waals surface area contributed by atoms with E-state index in [4.69, 9.17) is 4.74 Å². The molecule has 4 rings (SSSR count). The Morgan fingerprint density at radius 2 is 2.12 bits per heavy atom. The Labute approximate surface area is 184 Å². The number of aromatic nitrogens is 4. The third kappa shape index (κ3) is 4.00. The first-order valence-corrected chi connectivity index (χ1v) is 10.4. The second kappa shape index (κ2) is 9.07. The molecular formula is C21H24N8O3. The maximum atomic E-state index is 13.1. The van der Waals surface area contributed by atoms with Gasteiger partial charge in [0, 0.05) is 33.2 Å². The van der Waals surface area contributed by atoms with E-state index >= 15 is 0 Å². The number of piperazine rings is 1. The van der Waals surface area contributed by atoms with Crippen LogP contribution in [0.2, 0.25) is 0 Å². The average molecular weight is 436 g/mol. The second-order valence-corrected chi connectivity index (χ2v) is 7.29. The predicted molar refractivity (Wildman–Crippen MR) is 118 cm³/mol. The Kier molecular flexibility index (Phi) is 6.04. The molecule has 0 saturated carbocycles. The standard InChI is InChI=1S/C21H24N8O3/c1-3-32-17-9-14(13(10-22)8-15(17)19(30)23-2)12-29-20(31)18-16(11-25-29)26-21(27-18)28-6-4-24-5-7-28/h8-9,11,24H,3-7,12H2,1-2H3,(H,23,30)(H,26,27). The van der Waals surface area contributed by atoms with Gasteiger partial charge in [-0.1, -0.05) is 0 Å². The van der Waals surface area contributed by atoms with E-state index in [0.29, 0.717) is 34.9 Å². The number of carbonyl (C=O) groups is 1. The number of rotatable bonds is 6. The maximum Gasteiger partial charge on any atom is 0.293 e. The first-order valence-electron chi connectivity index (χ1n) is 10.4. The normalized spacial score (nSPS) is 13.7. The summed E-state index contributed by atoms with van der Waals surface area (Å²) in [5.41, 5.74) is 1.57. The van der Waals surface area contributed by atoms with E-state index in [1.54, 1.807) is 13.0 Å². The van der Waals surface area contributed by atoms with E-state index in [1.807, 2.05) is 0 Å². The van der Waals surface area contributed by atoms with Crippen LogP contribution in [0.25, 0.3) is 11.0 Å². The predicted octanol–water partition coefficient (Wildman–Crippen LogP) is 0.207. The smallest absolute Gasteiger partial charge is 0.293 e. The van der Waals surface area contributed by atoms with Crippen molar-refractivity contribution < 1.29 is 9.53 Å². The zero-order valence-corrected chi connectivity index (χ0v) is 17.9. The molecule has 0 aliphatic carbocycles.